The molecule has 0 aliphatic rings. The Hall–Kier alpha value is -1.39. The number of aryl methyl sites for hydroxylation is 1. The molecule has 0 aliphatic carbocycles. The van der Waals surface area contributed by atoms with E-state index in [-0.39, 0.29) is 5.82 Å². The minimum absolute atomic E-state index is 0.266. The van der Waals surface area contributed by atoms with Crippen molar-refractivity contribution in [3.05, 3.63) is 51.5 Å². The fourth-order valence-corrected chi connectivity index (χ4v) is 2.59. The average Bonchev–Trinajstić information content (AvgIpc) is 2.79. The van der Waals surface area contributed by atoms with E-state index in [2.05, 4.69) is 11.4 Å². The van der Waals surface area contributed by atoms with Crippen LogP contribution < -0.4 is 10.1 Å². The molecule has 2 nitrogen and oxygen atoms in total. The van der Waals surface area contributed by atoms with Gasteiger partial charge in [0, 0.05) is 22.4 Å². The first-order valence-corrected chi connectivity index (χ1v) is 6.62. The number of thiophene rings is 1. The lowest BCUT2D eigenvalue weighted by molar-refractivity contribution is 0.306. The predicted molar refractivity (Wildman–Crippen MR) is 72.6 cm³/mol. The normalized spacial score (nSPS) is 10.6. The minimum atomic E-state index is -0.266. The van der Waals surface area contributed by atoms with Crippen molar-refractivity contribution in [3.63, 3.8) is 0 Å². The van der Waals surface area contributed by atoms with Gasteiger partial charge in [-0.3, -0.25) is 0 Å². The summed E-state index contributed by atoms with van der Waals surface area (Å²) >= 11 is 1.71. The van der Waals surface area contributed by atoms with Crippen molar-refractivity contribution in [3.8, 4) is 5.75 Å². The number of hydrogen-bond donors (Lipinski definition) is 1. The predicted octanol–water partition coefficient (Wildman–Crippen LogP) is 3.49. The monoisotopic (exact) mass is 265 g/mol. The molecule has 1 heterocycles. The standard InChI is InChI=1S/C14H16FNOS/c1-10-3-4-11(15)7-14(10)17-9-13-6-5-12(18-13)8-16-2/h3-7,16H,8-9H2,1-2H3. The summed E-state index contributed by atoms with van der Waals surface area (Å²) in [5.74, 6) is 0.344. The van der Waals surface area contributed by atoms with Crippen LogP contribution in [0.3, 0.4) is 0 Å². The maximum Gasteiger partial charge on any atom is 0.126 e. The lowest BCUT2D eigenvalue weighted by Crippen LogP contribution is -2.02. The zero-order valence-electron chi connectivity index (χ0n) is 10.5. The van der Waals surface area contributed by atoms with Gasteiger partial charge in [0.05, 0.1) is 0 Å². The van der Waals surface area contributed by atoms with Crippen molar-refractivity contribution in [1.29, 1.82) is 0 Å². The molecular formula is C14H16FNOS. The highest BCUT2D eigenvalue weighted by molar-refractivity contribution is 7.11. The van der Waals surface area contributed by atoms with E-state index in [9.17, 15) is 4.39 Å². The Labute approximate surface area is 110 Å². The summed E-state index contributed by atoms with van der Waals surface area (Å²) < 4.78 is 18.7. The SMILES string of the molecule is CNCc1ccc(COc2cc(F)ccc2C)s1. The molecule has 4 heteroatoms. The number of halogens is 1. The average molecular weight is 265 g/mol. The third-order valence-corrected chi connectivity index (χ3v) is 3.65. The molecule has 0 fully saturated rings. The fraction of sp³-hybridized carbons (Fsp3) is 0.286. The largest absolute Gasteiger partial charge is 0.488 e. The van der Waals surface area contributed by atoms with Crippen LogP contribution in [-0.2, 0) is 13.2 Å². The molecular weight excluding hydrogens is 249 g/mol. The van der Waals surface area contributed by atoms with E-state index in [1.165, 1.54) is 17.0 Å². The van der Waals surface area contributed by atoms with Crippen LogP contribution in [-0.4, -0.2) is 7.05 Å². The first-order valence-electron chi connectivity index (χ1n) is 5.80. The smallest absolute Gasteiger partial charge is 0.126 e. The Morgan fingerprint density at radius 3 is 2.78 bits per heavy atom. The molecule has 2 aromatic rings. The van der Waals surface area contributed by atoms with Crippen LogP contribution in [0.15, 0.2) is 30.3 Å². The second-order valence-corrected chi connectivity index (χ2v) is 5.35. The van der Waals surface area contributed by atoms with E-state index < -0.39 is 0 Å². The van der Waals surface area contributed by atoms with Crippen molar-refractivity contribution >= 4 is 11.3 Å². The van der Waals surface area contributed by atoms with Gasteiger partial charge in [0.1, 0.15) is 18.2 Å². The highest BCUT2D eigenvalue weighted by Gasteiger charge is 2.04. The number of benzene rings is 1. The second-order valence-electron chi connectivity index (χ2n) is 4.10. The number of nitrogens with one attached hydrogen (secondary N) is 1. The van der Waals surface area contributed by atoms with E-state index >= 15 is 0 Å². The Balaban J connectivity index is 1.99. The van der Waals surface area contributed by atoms with Crippen molar-refractivity contribution in [2.24, 2.45) is 0 Å². The summed E-state index contributed by atoms with van der Waals surface area (Å²) in [5, 5.41) is 3.11. The van der Waals surface area contributed by atoms with Gasteiger partial charge in [-0.15, -0.1) is 11.3 Å². The summed E-state index contributed by atoms with van der Waals surface area (Å²) in [6.45, 7) is 3.26. The first-order chi connectivity index (χ1) is 8.69. The maximum atomic E-state index is 13.1. The topological polar surface area (TPSA) is 21.3 Å². The maximum absolute atomic E-state index is 13.1. The van der Waals surface area contributed by atoms with Crippen molar-refractivity contribution in [1.82, 2.24) is 5.32 Å². The number of hydrogen-bond acceptors (Lipinski definition) is 3. The van der Waals surface area contributed by atoms with Crippen LogP contribution in [0.25, 0.3) is 0 Å². The third kappa shape index (κ3) is 3.31. The summed E-state index contributed by atoms with van der Waals surface area (Å²) in [6, 6.07) is 8.73. The highest BCUT2D eigenvalue weighted by Crippen LogP contribution is 2.22. The van der Waals surface area contributed by atoms with E-state index in [1.807, 2.05) is 20.0 Å². The van der Waals surface area contributed by atoms with Gasteiger partial charge in [0.2, 0.25) is 0 Å². The van der Waals surface area contributed by atoms with E-state index in [4.69, 9.17) is 4.74 Å². The molecule has 1 aromatic heterocycles. The fourth-order valence-electron chi connectivity index (χ4n) is 1.65. The Morgan fingerprint density at radius 1 is 1.22 bits per heavy atom. The molecule has 0 atom stereocenters. The molecule has 1 aromatic carbocycles. The van der Waals surface area contributed by atoms with Crippen molar-refractivity contribution in [2.45, 2.75) is 20.1 Å². The minimum Gasteiger partial charge on any atom is -0.488 e. The van der Waals surface area contributed by atoms with Gasteiger partial charge >= 0.3 is 0 Å². The van der Waals surface area contributed by atoms with E-state index in [0.717, 1.165) is 17.0 Å². The molecule has 0 amide bonds. The molecule has 0 bridgehead atoms. The lowest BCUT2D eigenvalue weighted by atomic mass is 10.2. The van der Waals surface area contributed by atoms with Crippen molar-refractivity contribution in [2.75, 3.05) is 7.05 Å². The molecule has 96 valence electrons. The van der Waals surface area contributed by atoms with Crippen LogP contribution in [0.4, 0.5) is 4.39 Å². The highest BCUT2D eigenvalue weighted by atomic mass is 32.1. The van der Waals surface area contributed by atoms with Gasteiger partial charge < -0.3 is 10.1 Å². The quantitative estimate of drug-likeness (QED) is 0.893. The van der Waals surface area contributed by atoms with Gasteiger partial charge in [-0.25, -0.2) is 4.39 Å². The summed E-state index contributed by atoms with van der Waals surface area (Å²) in [4.78, 5) is 2.41. The molecule has 0 saturated heterocycles. The molecule has 0 radical (unpaired) electrons. The number of rotatable bonds is 5. The molecule has 0 aliphatic heterocycles. The molecule has 0 spiro atoms. The van der Waals surface area contributed by atoms with Crippen LogP contribution in [0.2, 0.25) is 0 Å². The molecule has 18 heavy (non-hydrogen) atoms. The summed E-state index contributed by atoms with van der Waals surface area (Å²) in [7, 11) is 1.92. The summed E-state index contributed by atoms with van der Waals surface area (Å²) in [5.41, 5.74) is 0.948. The molecule has 1 N–H and O–H groups in total. The third-order valence-electron chi connectivity index (χ3n) is 2.59. The Kier molecular flexibility index (Phi) is 4.33. The Bertz CT molecular complexity index is 524. The van der Waals surface area contributed by atoms with Crippen LogP contribution in [0, 0.1) is 12.7 Å². The van der Waals surface area contributed by atoms with Crippen LogP contribution >= 0.6 is 11.3 Å². The van der Waals surface area contributed by atoms with Gasteiger partial charge in [0.25, 0.3) is 0 Å². The zero-order valence-corrected chi connectivity index (χ0v) is 11.3. The van der Waals surface area contributed by atoms with Gasteiger partial charge in [0.15, 0.2) is 0 Å². The molecule has 0 unspecified atom stereocenters. The van der Waals surface area contributed by atoms with Gasteiger partial charge in [-0.1, -0.05) is 6.07 Å². The molecule has 2 rings (SSSR count). The van der Waals surface area contributed by atoms with Gasteiger partial charge in [-0.05, 0) is 37.7 Å². The molecule has 0 saturated carbocycles. The van der Waals surface area contributed by atoms with E-state index in [1.54, 1.807) is 17.4 Å². The first kappa shape index (κ1) is 13.1. The number of ether oxygens (including phenoxy) is 1. The Morgan fingerprint density at radius 2 is 2.00 bits per heavy atom. The second kappa shape index (κ2) is 5.98. The zero-order chi connectivity index (χ0) is 13.0. The van der Waals surface area contributed by atoms with Crippen LogP contribution in [0.5, 0.6) is 5.75 Å². The van der Waals surface area contributed by atoms with E-state index in [0.29, 0.717) is 12.4 Å². The van der Waals surface area contributed by atoms with Crippen molar-refractivity contribution < 1.29 is 9.13 Å². The van der Waals surface area contributed by atoms with Gasteiger partial charge in [-0.2, -0.15) is 0 Å². The lowest BCUT2D eigenvalue weighted by Gasteiger charge is -2.07. The summed E-state index contributed by atoms with van der Waals surface area (Å²) in [6.07, 6.45) is 0. The van der Waals surface area contributed by atoms with Crippen LogP contribution in [0.1, 0.15) is 15.3 Å².